The summed E-state index contributed by atoms with van der Waals surface area (Å²) in [6.07, 6.45) is 6.43. The highest BCUT2D eigenvalue weighted by Gasteiger charge is 2.55. The second-order valence-corrected chi connectivity index (χ2v) is 10.1. The van der Waals surface area contributed by atoms with E-state index in [0.717, 1.165) is 55.6 Å². The first-order valence-corrected chi connectivity index (χ1v) is 11.0. The molecule has 0 saturated heterocycles. The number of hydrogen-bond acceptors (Lipinski definition) is 3. The van der Waals surface area contributed by atoms with Crippen molar-refractivity contribution in [1.29, 1.82) is 0 Å². The third-order valence-electron chi connectivity index (χ3n) is 7.62. The molecule has 0 amide bonds. The quantitative estimate of drug-likeness (QED) is 0.609. The van der Waals surface area contributed by atoms with Crippen molar-refractivity contribution in [2.75, 3.05) is 0 Å². The van der Waals surface area contributed by atoms with Crippen molar-refractivity contribution in [2.24, 2.45) is 23.2 Å². The molecule has 7 heteroatoms. The number of benzene rings is 1. The van der Waals surface area contributed by atoms with Gasteiger partial charge in [0, 0.05) is 11.5 Å². The van der Waals surface area contributed by atoms with Gasteiger partial charge >= 0.3 is 15.4 Å². The van der Waals surface area contributed by atoms with Crippen LogP contribution >= 0.6 is 0 Å². The van der Waals surface area contributed by atoms with Gasteiger partial charge in [0.1, 0.15) is 6.29 Å². The van der Waals surface area contributed by atoms with E-state index in [9.17, 15) is 22.0 Å². The molecule has 0 bridgehead atoms. The molecule has 3 aliphatic carbocycles. The maximum Gasteiger partial charge on any atom is 0.395 e. The zero-order valence-electron chi connectivity index (χ0n) is 15.2. The fourth-order valence-electron chi connectivity index (χ4n) is 6.18. The fraction of sp³-hybridized carbons (Fsp3) is 0.650. The lowest BCUT2D eigenvalue weighted by molar-refractivity contribution is -0.115. The summed E-state index contributed by atoms with van der Waals surface area (Å²) < 4.78 is 59.0. The summed E-state index contributed by atoms with van der Waals surface area (Å²) in [4.78, 5) is 11.5. The summed E-state index contributed by atoms with van der Waals surface area (Å²) in [6.45, 7) is 2.23. The Morgan fingerprint density at radius 2 is 1.96 bits per heavy atom. The van der Waals surface area contributed by atoms with E-state index in [4.69, 9.17) is 4.55 Å². The Kier molecular flexibility index (Phi) is 4.28. The molecule has 0 aromatic heterocycles. The van der Waals surface area contributed by atoms with Crippen molar-refractivity contribution in [1.82, 2.24) is 0 Å². The summed E-state index contributed by atoms with van der Waals surface area (Å²) in [5.74, 6) is 1.29. The molecule has 2 fully saturated rings. The number of carbonyl (C=O) groups excluding carboxylic acids is 1. The lowest BCUT2D eigenvalue weighted by Crippen LogP contribution is -2.42. The monoisotopic (exact) mass is 398 g/mol. The topological polar surface area (TPSA) is 71.4 Å². The zero-order chi connectivity index (χ0) is 19.6. The first-order valence-electron chi connectivity index (χ1n) is 9.53. The first kappa shape index (κ1) is 19.0. The normalized spacial score (nSPS) is 35.9. The molecule has 4 rings (SSSR count). The number of fused-ring (bicyclic) bond motifs is 5. The predicted octanol–water partition coefficient (Wildman–Crippen LogP) is 4.29. The van der Waals surface area contributed by atoms with Gasteiger partial charge in [-0.15, -0.1) is 0 Å². The van der Waals surface area contributed by atoms with E-state index in [1.807, 2.05) is 0 Å². The Labute approximate surface area is 158 Å². The summed E-state index contributed by atoms with van der Waals surface area (Å²) in [6, 6.07) is 4.00. The molecule has 0 radical (unpaired) electrons. The second kappa shape index (κ2) is 6.08. The Hall–Kier alpha value is -1.34. The predicted molar refractivity (Wildman–Crippen MR) is 96.1 cm³/mol. The third kappa shape index (κ3) is 2.69. The van der Waals surface area contributed by atoms with Crippen LogP contribution in [0, 0.1) is 23.2 Å². The van der Waals surface area contributed by atoms with Gasteiger partial charge in [0.15, 0.2) is 0 Å². The van der Waals surface area contributed by atoms with Crippen molar-refractivity contribution in [2.45, 2.75) is 56.6 Å². The number of carbonyl (C=O) groups is 1. The van der Waals surface area contributed by atoms with E-state index in [2.05, 4.69) is 6.92 Å². The van der Waals surface area contributed by atoms with Gasteiger partial charge < -0.3 is 4.79 Å². The molecular formula is C20H24F2O4S. The average Bonchev–Trinajstić information content (AvgIpc) is 2.96. The van der Waals surface area contributed by atoms with E-state index in [1.54, 1.807) is 6.07 Å². The minimum atomic E-state index is -5.50. The number of rotatable bonds is 3. The number of halogens is 2. The van der Waals surface area contributed by atoms with Crippen LogP contribution in [0.25, 0.3) is 0 Å². The van der Waals surface area contributed by atoms with E-state index >= 15 is 0 Å². The van der Waals surface area contributed by atoms with Crippen LogP contribution in [0.2, 0.25) is 0 Å². The molecule has 148 valence electrons. The summed E-state index contributed by atoms with van der Waals surface area (Å²) in [5, 5.41) is -4.30. The number of aryl methyl sites for hydroxylation is 1. The highest BCUT2D eigenvalue weighted by molar-refractivity contribution is 7.86. The molecule has 1 unspecified atom stereocenters. The van der Waals surface area contributed by atoms with Crippen molar-refractivity contribution < 1.29 is 26.5 Å². The SMILES string of the molecule is C[C@]12CC[C@@H]3c4ccc(C(F)(F)S(=O)(=O)O)cc4CC[C@H]3[C@@H]1CCC2C=O. The van der Waals surface area contributed by atoms with Crippen molar-refractivity contribution >= 4 is 16.4 Å². The summed E-state index contributed by atoms with van der Waals surface area (Å²) in [7, 11) is -5.50. The van der Waals surface area contributed by atoms with Gasteiger partial charge in [-0.3, -0.25) is 4.55 Å². The number of hydrogen-bond donors (Lipinski definition) is 1. The van der Waals surface area contributed by atoms with Crippen LogP contribution < -0.4 is 0 Å². The molecule has 4 nitrogen and oxygen atoms in total. The Morgan fingerprint density at radius 1 is 1.22 bits per heavy atom. The zero-order valence-corrected chi connectivity index (χ0v) is 16.0. The molecule has 3 aliphatic rings. The van der Waals surface area contributed by atoms with Gasteiger partial charge in [-0.1, -0.05) is 19.1 Å². The van der Waals surface area contributed by atoms with Crippen molar-refractivity contribution in [3.05, 3.63) is 34.9 Å². The van der Waals surface area contributed by atoms with E-state index < -0.39 is 20.9 Å². The van der Waals surface area contributed by atoms with E-state index in [1.165, 1.54) is 6.07 Å². The van der Waals surface area contributed by atoms with Gasteiger partial charge in [-0.25, -0.2) is 0 Å². The van der Waals surface area contributed by atoms with E-state index in [-0.39, 0.29) is 17.3 Å². The minimum Gasteiger partial charge on any atom is -0.303 e. The third-order valence-corrected chi connectivity index (χ3v) is 8.51. The van der Waals surface area contributed by atoms with E-state index in [0.29, 0.717) is 18.3 Å². The lowest BCUT2D eigenvalue weighted by atomic mass is 9.54. The van der Waals surface area contributed by atoms with Crippen LogP contribution in [0.4, 0.5) is 8.78 Å². The fourth-order valence-corrected chi connectivity index (χ4v) is 6.60. The molecule has 27 heavy (non-hydrogen) atoms. The molecule has 1 aromatic carbocycles. The van der Waals surface area contributed by atoms with Gasteiger partial charge in [-0.2, -0.15) is 17.2 Å². The highest BCUT2D eigenvalue weighted by atomic mass is 32.2. The Bertz CT molecular complexity index is 882. The van der Waals surface area contributed by atoms with Crippen molar-refractivity contribution in [3.63, 3.8) is 0 Å². The Balaban J connectivity index is 1.67. The lowest BCUT2D eigenvalue weighted by Gasteiger charge is -2.50. The molecular weight excluding hydrogens is 374 g/mol. The first-order chi connectivity index (χ1) is 12.6. The molecule has 1 N–H and O–H groups in total. The van der Waals surface area contributed by atoms with Crippen LogP contribution in [-0.2, 0) is 26.6 Å². The largest absolute Gasteiger partial charge is 0.395 e. The average molecular weight is 398 g/mol. The van der Waals surface area contributed by atoms with Gasteiger partial charge in [0.2, 0.25) is 0 Å². The molecule has 0 heterocycles. The second-order valence-electron chi connectivity index (χ2n) is 8.69. The van der Waals surface area contributed by atoms with Crippen LogP contribution in [0.15, 0.2) is 18.2 Å². The summed E-state index contributed by atoms with van der Waals surface area (Å²) in [5.41, 5.74) is 1.14. The maximum atomic E-state index is 14.0. The van der Waals surface area contributed by atoms with Crippen LogP contribution in [0.1, 0.15) is 61.6 Å². The van der Waals surface area contributed by atoms with Crippen LogP contribution in [0.3, 0.4) is 0 Å². The minimum absolute atomic E-state index is 0.0400. The van der Waals surface area contributed by atoms with Crippen molar-refractivity contribution in [3.8, 4) is 0 Å². The Morgan fingerprint density at radius 3 is 2.63 bits per heavy atom. The number of alkyl halides is 2. The van der Waals surface area contributed by atoms with Crippen LogP contribution in [-0.4, -0.2) is 19.3 Å². The van der Waals surface area contributed by atoms with Crippen LogP contribution in [0.5, 0.6) is 0 Å². The molecule has 0 spiro atoms. The maximum absolute atomic E-state index is 14.0. The highest BCUT2D eigenvalue weighted by Crippen LogP contribution is 2.62. The van der Waals surface area contributed by atoms with Gasteiger partial charge in [0.25, 0.3) is 0 Å². The smallest absolute Gasteiger partial charge is 0.303 e. The molecule has 0 aliphatic heterocycles. The molecule has 1 aromatic rings. The van der Waals surface area contributed by atoms with Gasteiger partial charge in [0.05, 0.1) is 0 Å². The molecule has 5 atom stereocenters. The molecule has 2 saturated carbocycles. The standard InChI is InChI=1S/C20H24F2O4S/c1-19-9-8-16-15-6-3-13(20(21,22)27(24,25)26)10-12(15)2-5-17(16)18(19)7-4-14(19)11-23/h3,6,10-11,14,16-18H,2,4-5,7-9H2,1H3,(H,24,25,26)/t14?,16-,17-,18+,19-/m1/s1. The number of aldehydes is 1. The summed E-state index contributed by atoms with van der Waals surface area (Å²) >= 11 is 0. The van der Waals surface area contributed by atoms with Gasteiger partial charge in [-0.05, 0) is 78.9 Å².